The van der Waals surface area contributed by atoms with E-state index in [-0.39, 0.29) is 18.1 Å². The molecule has 1 unspecified atom stereocenters. The van der Waals surface area contributed by atoms with E-state index in [1.165, 1.54) is 6.92 Å². The van der Waals surface area contributed by atoms with Gasteiger partial charge in [0.2, 0.25) is 5.91 Å². The first-order chi connectivity index (χ1) is 7.82. The molecule has 0 saturated carbocycles. The number of rotatable bonds is 8. The minimum absolute atomic E-state index is 0.257. The molecule has 0 rings (SSSR count). The Hall–Kier alpha value is -1.39. The third-order valence-electron chi connectivity index (χ3n) is 2.39. The Bertz CT molecular complexity index is 286. The molecule has 1 amide bonds. The summed E-state index contributed by atoms with van der Waals surface area (Å²) < 4.78 is 0. The number of carbonyl (C=O) groups is 3. The Balaban J connectivity index is 4.04. The zero-order valence-corrected chi connectivity index (χ0v) is 10.7. The fourth-order valence-electron chi connectivity index (χ4n) is 1.41. The molecule has 0 heterocycles. The van der Waals surface area contributed by atoms with Crippen LogP contribution in [0.25, 0.3) is 0 Å². The van der Waals surface area contributed by atoms with Crippen molar-refractivity contribution in [1.82, 2.24) is 5.32 Å². The molecule has 0 bridgehead atoms. The van der Waals surface area contributed by atoms with Crippen LogP contribution in [0.15, 0.2) is 0 Å². The molecule has 0 aliphatic rings. The van der Waals surface area contributed by atoms with Crippen LogP contribution in [-0.2, 0) is 14.4 Å². The maximum Gasteiger partial charge on any atom is 0.305 e. The number of Topliss-reactive ketones (excluding diaryl/α,β-unsaturated/α-hetero) is 1. The smallest absolute Gasteiger partial charge is 0.305 e. The second-order valence-corrected chi connectivity index (χ2v) is 4.61. The molecule has 0 radical (unpaired) electrons. The van der Waals surface area contributed by atoms with Crippen LogP contribution >= 0.6 is 0 Å². The van der Waals surface area contributed by atoms with Crippen molar-refractivity contribution in [3.05, 3.63) is 0 Å². The molecular weight excluding hydrogens is 222 g/mol. The summed E-state index contributed by atoms with van der Waals surface area (Å²) in [5.41, 5.74) is 0. The lowest BCUT2D eigenvalue weighted by Gasteiger charge is -2.13. The van der Waals surface area contributed by atoms with Crippen molar-refractivity contribution in [2.45, 2.75) is 52.5 Å². The molecule has 5 nitrogen and oxygen atoms in total. The summed E-state index contributed by atoms with van der Waals surface area (Å²) in [5, 5.41) is 11.0. The fraction of sp³-hybridized carbons (Fsp3) is 0.750. The number of aliphatic carboxylic acids is 1. The van der Waals surface area contributed by atoms with E-state index in [0.717, 1.165) is 12.8 Å². The number of carboxylic acid groups (broad SMARTS) is 1. The molecule has 0 aromatic heterocycles. The Labute approximate surface area is 102 Å². The van der Waals surface area contributed by atoms with Crippen LogP contribution in [-0.4, -0.2) is 28.8 Å². The van der Waals surface area contributed by atoms with Crippen molar-refractivity contribution in [3.63, 3.8) is 0 Å². The van der Waals surface area contributed by atoms with Crippen LogP contribution in [0.5, 0.6) is 0 Å². The topological polar surface area (TPSA) is 83.5 Å². The van der Waals surface area contributed by atoms with Crippen LogP contribution in [0.3, 0.4) is 0 Å². The van der Waals surface area contributed by atoms with Gasteiger partial charge in [0.15, 0.2) is 5.78 Å². The van der Waals surface area contributed by atoms with Gasteiger partial charge in [-0.15, -0.1) is 0 Å². The zero-order chi connectivity index (χ0) is 13.4. The second-order valence-electron chi connectivity index (χ2n) is 4.61. The van der Waals surface area contributed by atoms with Crippen molar-refractivity contribution in [2.24, 2.45) is 5.92 Å². The minimum atomic E-state index is -1.09. The maximum absolute atomic E-state index is 11.5. The molecule has 0 saturated heterocycles. The predicted molar refractivity (Wildman–Crippen MR) is 63.6 cm³/mol. The molecule has 0 aliphatic carbocycles. The third kappa shape index (κ3) is 8.42. The molecule has 1 atom stereocenters. The summed E-state index contributed by atoms with van der Waals surface area (Å²) in [6.45, 7) is 5.42. The molecule has 98 valence electrons. The van der Waals surface area contributed by atoms with Crippen LogP contribution in [0.4, 0.5) is 0 Å². The van der Waals surface area contributed by atoms with Gasteiger partial charge < -0.3 is 10.4 Å². The number of ketones is 1. The molecule has 2 N–H and O–H groups in total. The van der Waals surface area contributed by atoms with Gasteiger partial charge in [0, 0.05) is 6.42 Å². The number of amides is 1. The van der Waals surface area contributed by atoms with Crippen molar-refractivity contribution >= 4 is 17.7 Å². The number of hydrogen-bond donors (Lipinski definition) is 2. The standard InChI is InChI=1S/C12H21NO4/c1-8(2)5-4-6-11(15)13-10(9(3)14)7-12(16)17/h8,10H,4-7H2,1-3H3,(H,13,15)(H,16,17). The Morgan fingerprint density at radius 1 is 1.24 bits per heavy atom. The lowest BCUT2D eigenvalue weighted by molar-refractivity contribution is -0.139. The highest BCUT2D eigenvalue weighted by Gasteiger charge is 2.19. The van der Waals surface area contributed by atoms with Crippen molar-refractivity contribution in [2.75, 3.05) is 0 Å². The van der Waals surface area contributed by atoms with E-state index in [1.807, 2.05) is 0 Å². The molecule has 0 aliphatic heterocycles. The van der Waals surface area contributed by atoms with Crippen LogP contribution in [0.1, 0.15) is 46.5 Å². The summed E-state index contributed by atoms with van der Waals surface area (Å²) in [5.74, 6) is -1.14. The second kappa shape index (κ2) is 7.81. The van der Waals surface area contributed by atoms with E-state index in [2.05, 4.69) is 19.2 Å². The molecule has 0 spiro atoms. The highest BCUT2D eigenvalue weighted by Crippen LogP contribution is 2.06. The van der Waals surface area contributed by atoms with Crippen LogP contribution < -0.4 is 5.32 Å². The van der Waals surface area contributed by atoms with Gasteiger partial charge in [-0.1, -0.05) is 20.3 Å². The van der Waals surface area contributed by atoms with Gasteiger partial charge in [0.1, 0.15) is 0 Å². The van der Waals surface area contributed by atoms with Gasteiger partial charge in [-0.25, -0.2) is 0 Å². The summed E-state index contributed by atoms with van der Waals surface area (Å²) in [7, 11) is 0. The Morgan fingerprint density at radius 2 is 1.82 bits per heavy atom. The quantitative estimate of drug-likeness (QED) is 0.674. The molecule has 17 heavy (non-hydrogen) atoms. The van der Waals surface area contributed by atoms with E-state index < -0.39 is 12.0 Å². The molecular formula is C12H21NO4. The summed E-state index contributed by atoms with van der Waals surface area (Å²) >= 11 is 0. The third-order valence-corrected chi connectivity index (χ3v) is 2.39. The molecule has 0 aromatic rings. The van der Waals surface area contributed by atoms with Gasteiger partial charge in [0.05, 0.1) is 12.5 Å². The lowest BCUT2D eigenvalue weighted by Crippen LogP contribution is -2.41. The Morgan fingerprint density at radius 3 is 2.24 bits per heavy atom. The van der Waals surface area contributed by atoms with E-state index >= 15 is 0 Å². The zero-order valence-electron chi connectivity index (χ0n) is 10.7. The SMILES string of the molecule is CC(=O)C(CC(=O)O)NC(=O)CCCC(C)C. The molecule has 0 fully saturated rings. The average molecular weight is 243 g/mol. The van der Waals surface area contributed by atoms with Gasteiger partial charge in [-0.05, 0) is 19.3 Å². The first-order valence-electron chi connectivity index (χ1n) is 5.84. The Kier molecular flexibility index (Phi) is 7.18. The fourth-order valence-corrected chi connectivity index (χ4v) is 1.41. The van der Waals surface area contributed by atoms with Crippen molar-refractivity contribution in [1.29, 1.82) is 0 Å². The summed E-state index contributed by atoms with van der Waals surface area (Å²) in [6.07, 6.45) is 1.67. The monoisotopic (exact) mass is 243 g/mol. The summed E-state index contributed by atoms with van der Waals surface area (Å²) in [6, 6.07) is -0.904. The van der Waals surface area contributed by atoms with Gasteiger partial charge in [0.25, 0.3) is 0 Å². The highest BCUT2D eigenvalue weighted by atomic mass is 16.4. The first kappa shape index (κ1) is 15.6. The lowest BCUT2D eigenvalue weighted by atomic mass is 10.1. The predicted octanol–water partition coefficient (Wildman–Crippen LogP) is 1.36. The number of carboxylic acids is 1. The van der Waals surface area contributed by atoms with Gasteiger partial charge in [-0.2, -0.15) is 0 Å². The summed E-state index contributed by atoms with van der Waals surface area (Å²) in [4.78, 5) is 33.1. The highest BCUT2D eigenvalue weighted by molar-refractivity contribution is 5.90. The van der Waals surface area contributed by atoms with Crippen LogP contribution in [0, 0.1) is 5.92 Å². The normalized spacial score (nSPS) is 12.2. The largest absolute Gasteiger partial charge is 0.481 e. The van der Waals surface area contributed by atoms with E-state index in [9.17, 15) is 14.4 Å². The average Bonchev–Trinajstić information content (AvgIpc) is 2.15. The van der Waals surface area contributed by atoms with Crippen molar-refractivity contribution in [3.8, 4) is 0 Å². The number of nitrogens with one attached hydrogen (secondary N) is 1. The minimum Gasteiger partial charge on any atom is -0.481 e. The van der Waals surface area contributed by atoms with Gasteiger partial charge >= 0.3 is 5.97 Å². The number of hydrogen-bond acceptors (Lipinski definition) is 3. The maximum atomic E-state index is 11.5. The van der Waals surface area contributed by atoms with Crippen molar-refractivity contribution < 1.29 is 19.5 Å². The van der Waals surface area contributed by atoms with E-state index in [4.69, 9.17) is 5.11 Å². The number of carbonyl (C=O) groups excluding carboxylic acids is 2. The molecule has 0 aromatic carbocycles. The first-order valence-corrected chi connectivity index (χ1v) is 5.84. The van der Waals surface area contributed by atoms with Gasteiger partial charge in [-0.3, -0.25) is 14.4 Å². The van der Waals surface area contributed by atoms with E-state index in [1.54, 1.807) is 0 Å². The molecule has 5 heteroatoms. The van der Waals surface area contributed by atoms with Crippen LogP contribution in [0.2, 0.25) is 0 Å². The van der Waals surface area contributed by atoms with E-state index in [0.29, 0.717) is 12.3 Å².